The van der Waals surface area contributed by atoms with Crippen LogP contribution in [0.1, 0.15) is 66.7 Å². The van der Waals surface area contributed by atoms with Crippen LogP contribution in [0.3, 0.4) is 0 Å². The van der Waals surface area contributed by atoms with Crippen molar-refractivity contribution < 1.29 is 17.9 Å². The van der Waals surface area contributed by atoms with E-state index in [1.807, 2.05) is 34.6 Å². The summed E-state index contributed by atoms with van der Waals surface area (Å²) in [5.74, 6) is 0.468. The van der Waals surface area contributed by atoms with E-state index in [0.717, 1.165) is 32.1 Å². The first-order valence-electron chi connectivity index (χ1n) is 8.24. The van der Waals surface area contributed by atoms with Crippen LogP contribution in [0.2, 0.25) is 0 Å². The van der Waals surface area contributed by atoms with Crippen molar-refractivity contribution in [1.29, 1.82) is 0 Å². The normalized spacial score (nSPS) is 23.4. The predicted molar refractivity (Wildman–Crippen MR) is 91.8 cm³/mol. The van der Waals surface area contributed by atoms with Gasteiger partial charge in [-0.15, -0.1) is 0 Å². The molecule has 23 heavy (non-hydrogen) atoms. The second kappa shape index (κ2) is 7.38. The molecule has 0 saturated heterocycles. The molecular weight excluding hydrogens is 316 g/mol. The van der Waals surface area contributed by atoms with Crippen molar-refractivity contribution in [2.24, 2.45) is 5.92 Å². The summed E-state index contributed by atoms with van der Waals surface area (Å²) in [6.45, 7) is 9.37. The van der Waals surface area contributed by atoms with E-state index in [0.29, 0.717) is 5.92 Å². The van der Waals surface area contributed by atoms with Gasteiger partial charge in [-0.2, -0.15) is 0 Å². The fourth-order valence-electron chi connectivity index (χ4n) is 3.25. The number of rotatable bonds is 5. The minimum atomic E-state index is -3.20. The molecule has 0 aliphatic heterocycles. The summed E-state index contributed by atoms with van der Waals surface area (Å²) in [4.78, 5) is 11.8. The Morgan fingerprint density at radius 2 is 1.61 bits per heavy atom. The summed E-state index contributed by atoms with van der Waals surface area (Å²) in [6, 6.07) is 0.145. The van der Waals surface area contributed by atoms with E-state index in [9.17, 15) is 13.2 Å². The van der Waals surface area contributed by atoms with Gasteiger partial charge in [0, 0.05) is 11.6 Å². The van der Waals surface area contributed by atoms with Gasteiger partial charge in [0.25, 0.3) is 0 Å². The summed E-state index contributed by atoms with van der Waals surface area (Å²) in [5.41, 5.74) is -0.924. The van der Waals surface area contributed by atoms with Crippen LogP contribution in [-0.2, 0) is 14.8 Å². The van der Waals surface area contributed by atoms with Gasteiger partial charge in [0.05, 0.1) is 6.26 Å². The van der Waals surface area contributed by atoms with Gasteiger partial charge in [-0.3, -0.25) is 0 Å². The first-order valence-corrected chi connectivity index (χ1v) is 10.1. The smallest absolute Gasteiger partial charge is 0.407 e. The molecule has 7 heteroatoms. The third-order valence-electron chi connectivity index (χ3n) is 3.83. The van der Waals surface area contributed by atoms with Gasteiger partial charge in [0.1, 0.15) is 5.60 Å². The fourth-order valence-corrected chi connectivity index (χ4v) is 4.34. The van der Waals surface area contributed by atoms with Crippen molar-refractivity contribution in [1.82, 2.24) is 10.0 Å². The summed E-state index contributed by atoms with van der Waals surface area (Å²) >= 11 is 0. The number of hydrogen-bond acceptors (Lipinski definition) is 4. The fraction of sp³-hybridized carbons (Fsp3) is 0.938. The number of carbonyl (C=O) groups is 1. The van der Waals surface area contributed by atoms with Crippen molar-refractivity contribution in [3.63, 3.8) is 0 Å². The minimum Gasteiger partial charge on any atom is -0.444 e. The van der Waals surface area contributed by atoms with Crippen LogP contribution in [0.4, 0.5) is 4.79 Å². The van der Waals surface area contributed by atoms with Crippen molar-refractivity contribution in [3.8, 4) is 0 Å². The molecule has 1 amide bonds. The molecule has 6 nitrogen and oxygen atoms in total. The maximum Gasteiger partial charge on any atom is 0.407 e. The van der Waals surface area contributed by atoms with Crippen molar-refractivity contribution in [2.45, 2.75) is 83.9 Å². The lowest BCUT2D eigenvalue weighted by Gasteiger charge is -2.35. The number of ether oxygens (including phenoxy) is 1. The van der Waals surface area contributed by atoms with E-state index < -0.39 is 21.2 Å². The Labute approximate surface area is 140 Å². The van der Waals surface area contributed by atoms with Crippen LogP contribution in [-0.4, -0.2) is 37.9 Å². The Kier molecular flexibility index (Phi) is 6.49. The molecule has 0 aromatic carbocycles. The predicted octanol–water partition coefficient (Wildman–Crippen LogP) is 2.79. The van der Waals surface area contributed by atoms with Gasteiger partial charge < -0.3 is 10.1 Å². The van der Waals surface area contributed by atoms with Gasteiger partial charge in [-0.1, -0.05) is 0 Å². The molecule has 0 unspecified atom stereocenters. The highest BCUT2D eigenvalue weighted by Crippen LogP contribution is 2.31. The van der Waals surface area contributed by atoms with Gasteiger partial charge in [-0.05, 0) is 72.6 Å². The summed E-state index contributed by atoms with van der Waals surface area (Å²) < 4.78 is 30.8. The summed E-state index contributed by atoms with van der Waals surface area (Å²) in [7, 11) is -3.20. The second-order valence-electron chi connectivity index (χ2n) is 8.33. The molecule has 0 heterocycles. The number of amides is 1. The minimum absolute atomic E-state index is 0.145. The van der Waals surface area contributed by atoms with E-state index in [1.165, 1.54) is 6.26 Å². The Morgan fingerprint density at radius 1 is 1.09 bits per heavy atom. The Bertz CT molecular complexity index is 501. The van der Waals surface area contributed by atoms with Crippen molar-refractivity contribution >= 4 is 16.1 Å². The van der Waals surface area contributed by atoms with E-state index in [4.69, 9.17) is 4.74 Å². The SMILES string of the molecule is CC(C)(CC1CCC(NC(=O)OC(C)(C)C)CC1)NS(C)(=O)=O. The van der Waals surface area contributed by atoms with Crippen LogP contribution < -0.4 is 10.0 Å². The number of sulfonamides is 1. The lowest BCUT2D eigenvalue weighted by Crippen LogP contribution is -2.45. The highest BCUT2D eigenvalue weighted by atomic mass is 32.2. The molecule has 0 radical (unpaired) electrons. The number of hydrogen-bond donors (Lipinski definition) is 2. The number of nitrogens with one attached hydrogen (secondary N) is 2. The molecule has 1 rings (SSSR count). The lowest BCUT2D eigenvalue weighted by atomic mass is 9.79. The Morgan fingerprint density at radius 3 is 2.04 bits per heavy atom. The summed E-state index contributed by atoms with van der Waals surface area (Å²) in [5, 5.41) is 2.92. The molecule has 0 aromatic heterocycles. The van der Waals surface area contributed by atoms with Crippen LogP contribution in [0.25, 0.3) is 0 Å². The second-order valence-corrected chi connectivity index (χ2v) is 10.1. The summed E-state index contributed by atoms with van der Waals surface area (Å²) in [6.07, 6.45) is 5.40. The molecule has 0 bridgehead atoms. The molecule has 1 aliphatic rings. The molecule has 1 fully saturated rings. The lowest BCUT2D eigenvalue weighted by molar-refractivity contribution is 0.0484. The first-order chi connectivity index (χ1) is 10.3. The van der Waals surface area contributed by atoms with Crippen molar-refractivity contribution in [2.75, 3.05) is 6.26 Å². The number of alkyl carbamates (subject to hydrolysis) is 1. The molecule has 0 atom stereocenters. The topological polar surface area (TPSA) is 84.5 Å². The van der Waals surface area contributed by atoms with Gasteiger partial charge in [0.15, 0.2) is 0 Å². The van der Waals surface area contributed by atoms with Gasteiger partial charge in [0.2, 0.25) is 10.0 Å². The highest BCUT2D eigenvalue weighted by Gasteiger charge is 2.30. The quantitative estimate of drug-likeness (QED) is 0.800. The first kappa shape index (κ1) is 20.2. The van der Waals surface area contributed by atoms with E-state index >= 15 is 0 Å². The third-order valence-corrected chi connectivity index (χ3v) is 4.75. The molecule has 1 aliphatic carbocycles. The zero-order valence-corrected chi connectivity index (χ0v) is 16.0. The maximum absolute atomic E-state index is 11.8. The maximum atomic E-state index is 11.8. The van der Waals surface area contributed by atoms with Crippen LogP contribution in [0, 0.1) is 5.92 Å². The standard InChI is InChI=1S/C16H32N2O4S/c1-15(2,3)22-14(19)17-13-9-7-12(8-10-13)11-16(4,5)18-23(6,20)21/h12-13,18H,7-11H2,1-6H3,(H,17,19). The van der Waals surface area contributed by atoms with E-state index in [2.05, 4.69) is 10.0 Å². The molecule has 0 aromatic rings. The van der Waals surface area contributed by atoms with E-state index in [-0.39, 0.29) is 12.1 Å². The zero-order chi connectivity index (χ0) is 17.9. The largest absolute Gasteiger partial charge is 0.444 e. The average molecular weight is 349 g/mol. The van der Waals surface area contributed by atoms with Crippen molar-refractivity contribution in [3.05, 3.63) is 0 Å². The third kappa shape index (κ3) is 9.15. The molecule has 2 N–H and O–H groups in total. The highest BCUT2D eigenvalue weighted by molar-refractivity contribution is 7.88. The molecule has 1 saturated carbocycles. The van der Waals surface area contributed by atoms with Crippen LogP contribution >= 0.6 is 0 Å². The van der Waals surface area contributed by atoms with Crippen LogP contribution in [0.5, 0.6) is 0 Å². The Hall–Kier alpha value is -0.820. The molecular formula is C16H32N2O4S. The van der Waals surface area contributed by atoms with Gasteiger partial charge >= 0.3 is 6.09 Å². The number of carbonyl (C=O) groups excluding carboxylic acids is 1. The van der Waals surface area contributed by atoms with Crippen LogP contribution in [0.15, 0.2) is 0 Å². The molecule has 0 spiro atoms. The molecule has 136 valence electrons. The monoisotopic (exact) mass is 348 g/mol. The van der Waals surface area contributed by atoms with E-state index in [1.54, 1.807) is 0 Å². The van der Waals surface area contributed by atoms with Gasteiger partial charge in [-0.25, -0.2) is 17.9 Å². The Balaban J connectivity index is 2.40. The zero-order valence-electron chi connectivity index (χ0n) is 15.2. The average Bonchev–Trinajstić information content (AvgIpc) is 2.25.